The molecular weight excluding hydrogens is 418 g/mol. The summed E-state index contributed by atoms with van der Waals surface area (Å²) < 4.78 is 5.38. The molecule has 0 bridgehead atoms. The number of amides is 2. The molecule has 8 heteroatoms. The first kappa shape index (κ1) is 24.0. The minimum absolute atomic E-state index is 0.182. The average Bonchev–Trinajstić information content (AvgIpc) is 2.82. The van der Waals surface area contributed by atoms with Crippen LogP contribution in [0.1, 0.15) is 23.6 Å². The van der Waals surface area contributed by atoms with Gasteiger partial charge in [-0.15, -0.1) is 0 Å². The monoisotopic (exact) mass is 447 g/mol. The van der Waals surface area contributed by atoms with E-state index in [4.69, 9.17) is 4.74 Å². The number of hydrogen-bond acceptors (Lipinski definition) is 6. The summed E-state index contributed by atoms with van der Waals surface area (Å²) in [6.45, 7) is 5.72. The molecule has 0 saturated carbocycles. The SMILES string of the molecule is C/N=C\C(=C/NC(C)=O)c1ccncc1/C=C/C(=O)Nc1ccc(CN2CCOCC2)cc1. The van der Waals surface area contributed by atoms with Gasteiger partial charge >= 0.3 is 0 Å². The molecule has 172 valence electrons. The Hall–Kier alpha value is -3.62. The molecule has 2 heterocycles. The predicted molar refractivity (Wildman–Crippen MR) is 131 cm³/mol. The molecule has 1 aromatic carbocycles. The summed E-state index contributed by atoms with van der Waals surface area (Å²) in [7, 11) is 1.65. The molecule has 1 aliphatic heterocycles. The van der Waals surface area contributed by atoms with Gasteiger partial charge < -0.3 is 15.4 Å². The summed E-state index contributed by atoms with van der Waals surface area (Å²) in [4.78, 5) is 34.3. The van der Waals surface area contributed by atoms with Crippen molar-refractivity contribution < 1.29 is 14.3 Å². The van der Waals surface area contributed by atoms with Crippen molar-refractivity contribution in [1.29, 1.82) is 0 Å². The second-order valence-electron chi connectivity index (χ2n) is 7.56. The molecule has 0 atom stereocenters. The van der Waals surface area contributed by atoms with E-state index in [9.17, 15) is 9.59 Å². The van der Waals surface area contributed by atoms with E-state index in [0.29, 0.717) is 5.57 Å². The topological polar surface area (TPSA) is 95.9 Å². The van der Waals surface area contributed by atoms with Crippen LogP contribution in [0.3, 0.4) is 0 Å². The fraction of sp³-hybridized carbons (Fsp3) is 0.280. The van der Waals surface area contributed by atoms with Gasteiger partial charge in [-0.25, -0.2) is 0 Å². The first-order valence-corrected chi connectivity index (χ1v) is 10.8. The Labute approximate surface area is 194 Å². The zero-order valence-corrected chi connectivity index (χ0v) is 19.0. The maximum absolute atomic E-state index is 12.5. The van der Waals surface area contributed by atoms with Crippen LogP contribution in [0.4, 0.5) is 5.69 Å². The maximum Gasteiger partial charge on any atom is 0.248 e. The van der Waals surface area contributed by atoms with E-state index in [-0.39, 0.29) is 11.8 Å². The highest BCUT2D eigenvalue weighted by atomic mass is 16.5. The Morgan fingerprint density at radius 2 is 1.94 bits per heavy atom. The predicted octanol–water partition coefficient (Wildman–Crippen LogP) is 2.74. The van der Waals surface area contributed by atoms with Crippen LogP contribution >= 0.6 is 0 Å². The number of rotatable bonds is 8. The third-order valence-electron chi connectivity index (χ3n) is 5.01. The van der Waals surface area contributed by atoms with Crippen molar-refractivity contribution in [3.8, 4) is 0 Å². The van der Waals surface area contributed by atoms with Crippen LogP contribution in [-0.4, -0.2) is 61.3 Å². The van der Waals surface area contributed by atoms with Crippen molar-refractivity contribution in [3.63, 3.8) is 0 Å². The smallest absolute Gasteiger partial charge is 0.248 e. The van der Waals surface area contributed by atoms with Gasteiger partial charge in [0.1, 0.15) is 0 Å². The summed E-state index contributed by atoms with van der Waals surface area (Å²) in [6.07, 6.45) is 9.68. The largest absolute Gasteiger partial charge is 0.379 e. The van der Waals surface area contributed by atoms with E-state index in [2.05, 4.69) is 25.5 Å². The third-order valence-corrected chi connectivity index (χ3v) is 5.01. The molecule has 3 rings (SSSR count). The highest BCUT2D eigenvalue weighted by Gasteiger charge is 2.10. The lowest BCUT2D eigenvalue weighted by Crippen LogP contribution is -2.35. The number of ether oxygens (including phenoxy) is 1. The van der Waals surface area contributed by atoms with Crippen molar-refractivity contribution >= 4 is 35.4 Å². The van der Waals surface area contributed by atoms with Crippen LogP contribution in [0.2, 0.25) is 0 Å². The fourth-order valence-corrected chi connectivity index (χ4v) is 3.37. The second-order valence-corrected chi connectivity index (χ2v) is 7.56. The first-order chi connectivity index (χ1) is 16.0. The molecule has 0 spiro atoms. The van der Waals surface area contributed by atoms with Crippen LogP contribution in [-0.2, 0) is 20.9 Å². The highest BCUT2D eigenvalue weighted by Crippen LogP contribution is 2.18. The molecule has 1 fully saturated rings. The number of nitrogens with one attached hydrogen (secondary N) is 2. The molecule has 8 nitrogen and oxygen atoms in total. The molecule has 0 radical (unpaired) electrons. The number of pyridine rings is 1. The van der Waals surface area contributed by atoms with Crippen molar-refractivity contribution in [2.75, 3.05) is 38.7 Å². The number of hydrogen-bond donors (Lipinski definition) is 2. The summed E-state index contributed by atoms with van der Waals surface area (Å²) in [5.74, 6) is -0.430. The van der Waals surface area contributed by atoms with E-state index in [0.717, 1.165) is 49.7 Å². The average molecular weight is 448 g/mol. The first-order valence-electron chi connectivity index (χ1n) is 10.8. The zero-order valence-electron chi connectivity index (χ0n) is 19.0. The lowest BCUT2D eigenvalue weighted by atomic mass is 10.0. The van der Waals surface area contributed by atoms with Gasteiger partial charge in [0.15, 0.2) is 0 Å². The maximum atomic E-state index is 12.5. The summed E-state index contributed by atoms with van der Waals surface area (Å²) in [5, 5.41) is 5.54. The number of carbonyl (C=O) groups is 2. The van der Waals surface area contributed by atoms with E-state index < -0.39 is 0 Å². The Morgan fingerprint density at radius 1 is 1.18 bits per heavy atom. The van der Waals surface area contributed by atoms with Gasteiger partial charge in [0, 0.05) is 81.3 Å². The Kier molecular flexibility index (Phi) is 9.05. The molecule has 0 aliphatic carbocycles. The summed E-state index contributed by atoms with van der Waals surface area (Å²) >= 11 is 0. The standard InChI is InChI=1S/C25H29N5O3/c1-19(31)28-17-22(15-26-2)24-9-10-27-16-21(24)5-8-25(32)29-23-6-3-20(4-7-23)18-30-11-13-33-14-12-30/h3-10,15-17H,11-14,18H2,1-2H3,(H,28,31)(H,29,32)/b8-5+,22-17+,26-15-. The number of allylic oxidation sites excluding steroid dienone is 1. The molecule has 1 aromatic heterocycles. The van der Waals surface area contributed by atoms with E-state index in [1.807, 2.05) is 24.3 Å². The van der Waals surface area contributed by atoms with Gasteiger partial charge in [-0.1, -0.05) is 12.1 Å². The number of nitrogens with zero attached hydrogens (tertiary/aromatic N) is 3. The number of anilines is 1. The van der Waals surface area contributed by atoms with Crippen LogP contribution in [0.5, 0.6) is 0 Å². The van der Waals surface area contributed by atoms with E-state index in [1.54, 1.807) is 44.0 Å². The quantitative estimate of drug-likeness (QED) is 0.479. The normalized spacial score (nSPS) is 15.2. The van der Waals surface area contributed by atoms with Crippen LogP contribution in [0.15, 0.2) is 60.0 Å². The second kappa shape index (κ2) is 12.4. The molecule has 2 aromatic rings. The molecule has 1 saturated heterocycles. The summed E-state index contributed by atoms with van der Waals surface area (Å²) in [5.41, 5.74) is 4.14. The van der Waals surface area contributed by atoms with Gasteiger partial charge in [-0.2, -0.15) is 0 Å². The molecule has 33 heavy (non-hydrogen) atoms. The van der Waals surface area contributed by atoms with Crippen molar-refractivity contribution in [3.05, 3.63) is 71.7 Å². The van der Waals surface area contributed by atoms with Crippen LogP contribution < -0.4 is 10.6 Å². The lowest BCUT2D eigenvalue weighted by molar-refractivity contribution is -0.118. The van der Waals surface area contributed by atoms with E-state index >= 15 is 0 Å². The number of aromatic nitrogens is 1. The number of carbonyl (C=O) groups excluding carboxylic acids is 2. The highest BCUT2D eigenvalue weighted by molar-refractivity contribution is 6.11. The lowest BCUT2D eigenvalue weighted by Gasteiger charge is -2.26. The fourth-order valence-electron chi connectivity index (χ4n) is 3.37. The number of morpholine rings is 1. The molecule has 2 amide bonds. The van der Waals surface area contributed by atoms with Gasteiger partial charge in [0.25, 0.3) is 0 Å². The summed E-state index contributed by atoms with van der Waals surface area (Å²) in [6, 6.07) is 9.67. The van der Waals surface area contributed by atoms with Crippen molar-refractivity contribution in [1.82, 2.24) is 15.2 Å². The van der Waals surface area contributed by atoms with E-state index in [1.165, 1.54) is 18.6 Å². The minimum Gasteiger partial charge on any atom is -0.379 e. The third kappa shape index (κ3) is 7.78. The molecular formula is C25H29N5O3. The van der Waals surface area contributed by atoms with Gasteiger partial charge in [-0.3, -0.25) is 24.5 Å². The van der Waals surface area contributed by atoms with Crippen LogP contribution in [0, 0.1) is 0 Å². The molecule has 0 unspecified atom stereocenters. The van der Waals surface area contributed by atoms with Crippen LogP contribution in [0.25, 0.3) is 11.6 Å². The van der Waals surface area contributed by atoms with Gasteiger partial charge in [0.2, 0.25) is 11.8 Å². The number of aliphatic imine (C=N–C) groups is 1. The minimum atomic E-state index is -0.248. The molecule has 2 N–H and O–H groups in total. The van der Waals surface area contributed by atoms with Gasteiger partial charge in [-0.05, 0) is 35.4 Å². The zero-order chi connectivity index (χ0) is 23.5. The van der Waals surface area contributed by atoms with Crippen molar-refractivity contribution in [2.24, 2.45) is 4.99 Å². The number of benzene rings is 1. The van der Waals surface area contributed by atoms with Crippen molar-refractivity contribution in [2.45, 2.75) is 13.5 Å². The van der Waals surface area contributed by atoms with Gasteiger partial charge in [0.05, 0.1) is 13.2 Å². The Balaban J connectivity index is 1.64. The Morgan fingerprint density at radius 3 is 2.64 bits per heavy atom. The Bertz CT molecular complexity index is 1040. The molecule has 1 aliphatic rings.